The van der Waals surface area contributed by atoms with Gasteiger partial charge in [-0.2, -0.15) is 4.31 Å². The second kappa shape index (κ2) is 5.92. The third kappa shape index (κ3) is 3.06. The molecule has 0 N–H and O–H groups in total. The van der Waals surface area contributed by atoms with Gasteiger partial charge in [0.15, 0.2) is 0 Å². The van der Waals surface area contributed by atoms with Crippen LogP contribution in [0.5, 0.6) is 0 Å². The molecule has 6 heteroatoms. The molecular weight excluding hydrogens is 300 g/mol. The largest absolute Gasteiger partial charge is 0.379 e. The molecule has 0 aliphatic carbocycles. The van der Waals surface area contributed by atoms with Crippen molar-refractivity contribution in [3.05, 3.63) is 29.8 Å². The van der Waals surface area contributed by atoms with E-state index < -0.39 is 10.0 Å². The highest BCUT2D eigenvalue weighted by Gasteiger charge is 2.42. The number of ether oxygens (including phenoxy) is 1. The van der Waals surface area contributed by atoms with Crippen molar-refractivity contribution in [2.24, 2.45) is 5.41 Å². The van der Waals surface area contributed by atoms with Gasteiger partial charge < -0.3 is 9.64 Å². The van der Waals surface area contributed by atoms with Crippen molar-refractivity contribution in [3.63, 3.8) is 0 Å². The Balaban J connectivity index is 1.87. The van der Waals surface area contributed by atoms with E-state index in [-0.39, 0.29) is 5.41 Å². The maximum absolute atomic E-state index is 12.9. The standard InChI is InChI=1S/C16H24N2O3S/c1-14-3-5-15(6-4-14)22(19,20)18-9-10-21-13-16(12-18)7-8-17(2)11-16/h3-6H,7-13H2,1-2H3. The second-order valence-corrected chi connectivity index (χ2v) is 8.63. The van der Waals surface area contributed by atoms with Gasteiger partial charge in [-0.15, -0.1) is 0 Å². The number of sulfonamides is 1. The maximum Gasteiger partial charge on any atom is 0.243 e. The zero-order valence-electron chi connectivity index (χ0n) is 13.3. The van der Waals surface area contributed by atoms with E-state index in [1.54, 1.807) is 16.4 Å². The first-order valence-corrected chi connectivity index (χ1v) is 9.19. The minimum atomic E-state index is -3.45. The lowest BCUT2D eigenvalue weighted by atomic mass is 9.88. The molecule has 0 bridgehead atoms. The van der Waals surface area contributed by atoms with Gasteiger partial charge in [0, 0.05) is 25.0 Å². The molecule has 1 unspecified atom stereocenters. The summed E-state index contributed by atoms with van der Waals surface area (Å²) < 4.78 is 33.2. The molecule has 2 heterocycles. The summed E-state index contributed by atoms with van der Waals surface area (Å²) in [5, 5.41) is 0. The molecule has 0 aromatic heterocycles. The van der Waals surface area contributed by atoms with Gasteiger partial charge in [-0.1, -0.05) is 17.7 Å². The molecule has 0 amide bonds. The number of likely N-dealkylation sites (tertiary alicyclic amines) is 1. The lowest BCUT2D eigenvalue weighted by molar-refractivity contribution is 0.0744. The highest BCUT2D eigenvalue weighted by molar-refractivity contribution is 7.89. The van der Waals surface area contributed by atoms with Gasteiger partial charge in [-0.05, 0) is 39.1 Å². The van der Waals surface area contributed by atoms with E-state index in [2.05, 4.69) is 11.9 Å². The van der Waals surface area contributed by atoms with Crippen LogP contribution < -0.4 is 0 Å². The number of rotatable bonds is 2. The zero-order valence-corrected chi connectivity index (χ0v) is 14.1. The predicted octanol–water partition coefficient (Wildman–Crippen LogP) is 1.34. The number of nitrogens with zero attached hydrogens (tertiary/aromatic N) is 2. The Bertz CT molecular complexity index is 629. The summed E-state index contributed by atoms with van der Waals surface area (Å²) in [4.78, 5) is 2.63. The van der Waals surface area contributed by atoms with Crippen LogP contribution in [0.4, 0.5) is 0 Å². The highest BCUT2D eigenvalue weighted by Crippen LogP contribution is 2.34. The van der Waals surface area contributed by atoms with Crippen molar-refractivity contribution in [1.29, 1.82) is 0 Å². The molecular formula is C16H24N2O3S. The summed E-state index contributed by atoms with van der Waals surface area (Å²) in [5.41, 5.74) is 0.996. The summed E-state index contributed by atoms with van der Waals surface area (Å²) in [5.74, 6) is 0. The smallest absolute Gasteiger partial charge is 0.243 e. The Labute approximate surface area is 132 Å². The quantitative estimate of drug-likeness (QED) is 0.824. The lowest BCUT2D eigenvalue weighted by Gasteiger charge is -2.31. The van der Waals surface area contributed by atoms with Crippen molar-refractivity contribution >= 4 is 10.0 Å². The third-order valence-electron chi connectivity index (χ3n) is 4.69. The van der Waals surface area contributed by atoms with Gasteiger partial charge >= 0.3 is 0 Å². The fourth-order valence-electron chi connectivity index (χ4n) is 3.42. The molecule has 1 aromatic carbocycles. The monoisotopic (exact) mass is 324 g/mol. The Kier molecular flexibility index (Phi) is 4.29. The highest BCUT2D eigenvalue weighted by atomic mass is 32.2. The summed E-state index contributed by atoms with van der Waals surface area (Å²) >= 11 is 0. The van der Waals surface area contributed by atoms with Crippen molar-refractivity contribution in [1.82, 2.24) is 9.21 Å². The van der Waals surface area contributed by atoms with E-state index >= 15 is 0 Å². The third-order valence-corrected chi connectivity index (χ3v) is 6.55. The van der Waals surface area contributed by atoms with E-state index in [4.69, 9.17) is 4.74 Å². The molecule has 3 rings (SSSR count). The van der Waals surface area contributed by atoms with E-state index in [9.17, 15) is 8.42 Å². The Hall–Kier alpha value is -0.950. The minimum absolute atomic E-state index is 0.0665. The number of aryl methyl sites for hydroxylation is 1. The fourth-order valence-corrected chi connectivity index (χ4v) is 4.96. The van der Waals surface area contributed by atoms with Crippen molar-refractivity contribution in [3.8, 4) is 0 Å². The van der Waals surface area contributed by atoms with Crippen molar-refractivity contribution in [2.45, 2.75) is 18.2 Å². The van der Waals surface area contributed by atoms with Gasteiger partial charge in [0.1, 0.15) is 0 Å². The van der Waals surface area contributed by atoms with Crippen LogP contribution in [-0.2, 0) is 14.8 Å². The van der Waals surface area contributed by atoms with Gasteiger partial charge in [-0.25, -0.2) is 8.42 Å². The van der Waals surface area contributed by atoms with Crippen LogP contribution in [0.25, 0.3) is 0 Å². The molecule has 1 aromatic rings. The molecule has 2 aliphatic heterocycles. The van der Waals surface area contributed by atoms with Crippen LogP contribution in [0.15, 0.2) is 29.2 Å². The summed E-state index contributed by atoms with van der Waals surface area (Å²) in [6, 6.07) is 7.09. The summed E-state index contributed by atoms with van der Waals surface area (Å²) in [7, 11) is -1.37. The van der Waals surface area contributed by atoms with Crippen LogP contribution in [-0.4, -0.2) is 64.1 Å². The lowest BCUT2D eigenvalue weighted by Crippen LogP contribution is -2.43. The van der Waals surface area contributed by atoms with Crippen molar-refractivity contribution < 1.29 is 13.2 Å². The Morgan fingerprint density at radius 2 is 1.86 bits per heavy atom. The molecule has 0 saturated carbocycles. The van der Waals surface area contributed by atoms with Crippen LogP contribution in [0.2, 0.25) is 0 Å². The van der Waals surface area contributed by atoms with Crippen LogP contribution >= 0.6 is 0 Å². The number of hydrogen-bond acceptors (Lipinski definition) is 4. The van der Waals surface area contributed by atoms with Crippen LogP contribution in [0, 0.1) is 12.3 Å². The maximum atomic E-state index is 12.9. The molecule has 1 spiro atoms. The predicted molar refractivity (Wildman–Crippen MR) is 85.3 cm³/mol. The van der Waals surface area contributed by atoms with Crippen LogP contribution in [0.1, 0.15) is 12.0 Å². The Morgan fingerprint density at radius 1 is 1.14 bits per heavy atom. The van der Waals surface area contributed by atoms with E-state index in [0.29, 0.717) is 31.2 Å². The summed E-state index contributed by atoms with van der Waals surface area (Å²) in [6.07, 6.45) is 0.990. The van der Waals surface area contributed by atoms with E-state index in [1.807, 2.05) is 19.1 Å². The van der Waals surface area contributed by atoms with E-state index in [1.165, 1.54) is 0 Å². The normalized spacial score (nSPS) is 28.1. The minimum Gasteiger partial charge on any atom is -0.379 e. The molecule has 2 aliphatic rings. The molecule has 22 heavy (non-hydrogen) atoms. The number of benzene rings is 1. The first kappa shape index (κ1) is 15.9. The average Bonchev–Trinajstić information content (AvgIpc) is 2.70. The molecule has 122 valence electrons. The second-order valence-electron chi connectivity index (χ2n) is 6.69. The van der Waals surface area contributed by atoms with Gasteiger partial charge in [0.2, 0.25) is 10.0 Å². The van der Waals surface area contributed by atoms with Gasteiger partial charge in [0.25, 0.3) is 0 Å². The number of hydrogen-bond donors (Lipinski definition) is 0. The van der Waals surface area contributed by atoms with Gasteiger partial charge in [0.05, 0.1) is 18.1 Å². The average molecular weight is 324 g/mol. The Morgan fingerprint density at radius 3 is 2.50 bits per heavy atom. The summed E-state index contributed by atoms with van der Waals surface area (Å²) in [6.45, 7) is 5.96. The van der Waals surface area contributed by atoms with Crippen molar-refractivity contribution in [2.75, 3.05) is 46.4 Å². The topological polar surface area (TPSA) is 49.9 Å². The SMILES string of the molecule is Cc1ccc(S(=O)(=O)N2CCOCC3(CCN(C)C3)C2)cc1. The fraction of sp³-hybridized carbons (Fsp3) is 0.625. The molecule has 2 fully saturated rings. The zero-order chi connectivity index (χ0) is 15.8. The first-order valence-electron chi connectivity index (χ1n) is 7.75. The van der Waals surface area contributed by atoms with Crippen LogP contribution in [0.3, 0.4) is 0 Å². The molecule has 2 saturated heterocycles. The molecule has 5 nitrogen and oxygen atoms in total. The van der Waals surface area contributed by atoms with Gasteiger partial charge in [-0.3, -0.25) is 0 Å². The molecule has 0 radical (unpaired) electrons. The molecule has 1 atom stereocenters. The first-order chi connectivity index (χ1) is 10.4. The van der Waals surface area contributed by atoms with E-state index in [0.717, 1.165) is 25.1 Å².